The first-order valence-electron chi connectivity index (χ1n) is 8.37. The Morgan fingerprint density at radius 2 is 2.12 bits per heavy atom. The second kappa shape index (κ2) is 6.39. The van der Waals surface area contributed by atoms with Crippen LogP contribution in [0.5, 0.6) is 0 Å². The number of fused-ring (bicyclic) bond motifs is 1. The second-order valence-corrected chi connectivity index (χ2v) is 7.41. The molecule has 2 amide bonds. The van der Waals surface area contributed by atoms with E-state index < -0.39 is 0 Å². The predicted octanol–water partition coefficient (Wildman–Crippen LogP) is 1.84. The van der Waals surface area contributed by atoms with E-state index in [-0.39, 0.29) is 17.7 Å². The van der Waals surface area contributed by atoms with Gasteiger partial charge >= 0.3 is 0 Å². The van der Waals surface area contributed by atoms with Crippen LogP contribution < -0.4 is 10.6 Å². The Balaban J connectivity index is 1.22. The molecule has 1 saturated heterocycles. The molecule has 4 rings (SSSR count). The molecule has 2 fully saturated rings. The number of hydrogen-bond acceptors (Lipinski definition) is 5. The van der Waals surface area contributed by atoms with Crippen molar-refractivity contribution in [2.75, 3.05) is 25.0 Å². The zero-order chi connectivity index (χ0) is 16.5. The number of carbonyl (C=O) groups is 2. The highest BCUT2D eigenvalue weighted by Crippen LogP contribution is 2.32. The molecule has 1 aliphatic heterocycles. The summed E-state index contributed by atoms with van der Waals surface area (Å²) in [4.78, 5) is 30.5. The molecule has 2 heterocycles. The van der Waals surface area contributed by atoms with Gasteiger partial charge in [-0.2, -0.15) is 0 Å². The minimum absolute atomic E-state index is 0.0161. The smallest absolute Gasteiger partial charge is 0.225 e. The lowest BCUT2D eigenvalue weighted by atomic mass is 10.1. The Kier molecular flexibility index (Phi) is 4.10. The normalized spacial score (nSPS) is 20.6. The Bertz CT molecular complexity index is 738. The van der Waals surface area contributed by atoms with E-state index in [4.69, 9.17) is 0 Å². The van der Waals surface area contributed by atoms with Crippen LogP contribution in [0.4, 0.5) is 5.13 Å². The largest absolute Gasteiger partial charge is 0.360 e. The van der Waals surface area contributed by atoms with Crippen LogP contribution in [0, 0.1) is 5.92 Å². The van der Waals surface area contributed by atoms with Gasteiger partial charge in [-0.3, -0.25) is 9.59 Å². The van der Waals surface area contributed by atoms with Gasteiger partial charge in [0.05, 0.1) is 16.1 Å². The molecule has 24 heavy (non-hydrogen) atoms. The second-order valence-electron chi connectivity index (χ2n) is 6.38. The Hall–Kier alpha value is -2.15. The first-order valence-corrected chi connectivity index (χ1v) is 9.19. The molecular weight excluding hydrogens is 324 g/mol. The number of anilines is 1. The summed E-state index contributed by atoms with van der Waals surface area (Å²) in [5.74, 6) is -0.0802. The van der Waals surface area contributed by atoms with Gasteiger partial charge in [0.15, 0.2) is 5.13 Å². The molecule has 126 valence electrons. The standard InChI is InChI=1S/C17H20N4O2S/c22-15-9-11(10-21(15)12-5-6-12)16(23)18-7-8-19-17-20-13-3-1-2-4-14(13)24-17/h1-4,11-12H,5-10H2,(H,18,23)(H,19,20)/t11-/m0/s1. The van der Waals surface area contributed by atoms with Gasteiger partial charge in [-0.25, -0.2) is 4.98 Å². The van der Waals surface area contributed by atoms with Crippen molar-refractivity contribution in [1.29, 1.82) is 0 Å². The maximum Gasteiger partial charge on any atom is 0.225 e. The summed E-state index contributed by atoms with van der Waals surface area (Å²) in [6, 6.07) is 8.40. The lowest BCUT2D eigenvalue weighted by molar-refractivity contribution is -0.129. The van der Waals surface area contributed by atoms with E-state index in [2.05, 4.69) is 15.6 Å². The zero-order valence-electron chi connectivity index (χ0n) is 13.3. The molecule has 6 nitrogen and oxygen atoms in total. The van der Waals surface area contributed by atoms with Gasteiger partial charge in [-0.05, 0) is 25.0 Å². The van der Waals surface area contributed by atoms with E-state index in [1.165, 1.54) is 0 Å². The van der Waals surface area contributed by atoms with Crippen LogP contribution in [-0.4, -0.2) is 47.4 Å². The molecule has 0 radical (unpaired) electrons. The van der Waals surface area contributed by atoms with E-state index in [1.54, 1.807) is 11.3 Å². The molecule has 0 spiro atoms. The fraction of sp³-hybridized carbons (Fsp3) is 0.471. The molecule has 0 unspecified atom stereocenters. The van der Waals surface area contributed by atoms with Crippen LogP contribution in [-0.2, 0) is 9.59 Å². The van der Waals surface area contributed by atoms with Gasteiger partial charge < -0.3 is 15.5 Å². The predicted molar refractivity (Wildman–Crippen MR) is 94.0 cm³/mol. The van der Waals surface area contributed by atoms with Gasteiger partial charge in [-0.1, -0.05) is 23.5 Å². The molecule has 2 N–H and O–H groups in total. The molecular formula is C17H20N4O2S. The minimum atomic E-state index is -0.194. The van der Waals surface area contributed by atoms with Gasteiger partial charge in [0, 0.05) is 32.1 Å². The Morgan fingerprint density at radius 3 is 2.92 bits per heavy atom. The van der Waals surface area contributed by atoms with Crippen LogP contribution in [0.25, 0.3) is 10.2 Å². The monoisotopic (exact) mass is 344 g/mol. The summed E-state index contributed by atoms with van der Waals surface area (Å²) in [6.07, 6.45) is 2.53. The molecule has 1 aromatic carbocycles. The minimum Gasteiger partial charge on any atom is -0.360 e. The highest BCUT2D eigenvalue weighted by Gasteiger charge is 2.41. The first kappa shape index (κ1) is 15.4. The van der Waals surface area contributed by atoms with Crippen LogP contribution >= 0.6 is 11.3 Å². The third-order valence-corrected chi connectivity index (χ3v) is 5.51. The molecule has 1 aromatic heterocycles. The number of para-hydroxylation sites is 1. The quantitative estimate of drug-likeness (QED) is 0.784. The zero-order valence-corrected chi connectivity index (χ0v) is 14.1. The first-order chi connectivity index (χ1) is 11.7. The molecule has 2 aliphatic rings. The van der Waals surface area contributed by atoms with E-state index in [1.807, 2.05) is 29.2 Å². The number of thiazole rings is 1. The van der Waals surface area contributed by atoms with Gasteiger partial charge in [0.2, 0.25) is 11.8 Å². The van der Waals surface area contributed by atoms with Crippen molar-refractivity contribution in [2.24, 2.45) is 5.92 Å². The van der Waals surface area contributed by atoms with E-state index in [9.17, 15) is 9.59 Å². The van der Waals surface area contributed by atoms with Gasteiger partial charge in [0.25, 0.3) is 0 Å². The number of benzene rings is 1. The molecule has 1 atom stereocenters. The third kappa shape index (κ3) is 3.21. The van der Waals surface area contributed by atoms with Gasteiger partial charge in [0.1, 0.15) is 0 Å². The summed E-state index contributed by atoms with van der Waals surface area (Å²) < 4.78 is 1.15. The maximum atomic E-state index is 12.2. The highest BCUT2D eigenvalue weighted by molar-refractivity contribution is 7.22. The van der Waals surface area contributed by atoms with Crippen molar-refractivity contribution < 1.29 is 9.59 Å². The van der Waals surface area contributed by atoms with E-state index in [0.29, 0.717) is 32.1 Å². The number of hydrogen-bond donors (Lipinski definition) is 2. The summed E-state index contributed by atoms with van der Waals surface area (Å²) in [5, 5.41) is 7.03. The van der Waals surface area contributed by atoms with Gasteiger partial charge in [-0.15, -0.1) is 0 Å². The lowest BCUT2D eigenvalue weighted by Gasteiger charge is -2.15. The van der Waals surface area contributed by atoms with Crippen LogP contribution in [0.3, 0.4) is 0 Å². The molecule has 0 bridgehead atoms. The average Bonchev–Trinajstić information content (AvgIpc) is 3.22. The van der Waals surface area contributed by atoms with Crippen LogP contribution in [0.2, 0.25) is 0 Å². The molecule has 7 heteroatoms. The summed E-state index contributed by atoms with van der Waals surface area (Å²) in [7, 11) is 0. The van der Waals surface area contributed by atoms with Crippen molar-refractivity contribution in [3.05, 3.63) is 24.3 Å². The molecule has 2 aromatic rings. The van der Waals surface area contributed by atoms with Crippen molar-refractivity contribution >= 4 is 38.5 Å². The highest BCUT2D eigenvalue weighted by atomic mass is 32.1. The maximum absolute atomic E-state index is 12.2. The SMILES string of the molecule is O=C(NCCNc1nc2ccccc2s1)[C@H]1CC(=O)N(C2CC2)C1. The van der Waals surface area contributed by atoms with Crippen LogP contribution in [0.15, 0.2) is 24.3 Å². The fourth-order valence-corrected chi connectivity index (χ4v) is 3.99. The number of amides is 2. The van der Waals surface area contributed by atoms with Crippen molar-refractivity contribution in [3.63, 3.8) is 0 Å². The number of nitrogens with zero attached hydrogens (tertiary/aromatic N) is 2. The average molecular weight is 344 g/mol. The number of rotatable bonds is 6. The number of carbonyl (C=O) groups excluding carboxylic acids is 2. The Morgan fingerprint density at radius 1 is 1.29 bits per heavy atom. The van der Waals surface area contributed by atoms with E-state index in [0.717, 1.165) is 28.2 Å². The molecule has 1 saturated carbocycles. The summed E-state index contributed by atoms with van der Waals surface area (Å²) in [6.45, 7) is 1.74. The number of nitrogens with one attached hydrogen (secondary N) is 2. The molecule has 1 aliphatic carbocycles. The fourth-order valence-electron chi connectivity index (χ4n) is 3.09. The van der Waals surface area contributed by atoms with Crippen molar-refractivity contribution in [1.82, 2.24) is 15.2 Å². The summed E-state index contributed by atoms with van der Waals surface area (Å²) >= 11 is 1.61. The van der Waals surface area contributed by atoms with E-state index >= 15 is 0 Å². The lowest BCUT2D eigenvalue weighted by Crippen LogP contribution is -2.35. The van der Waals surface area contributed by atoms with Crippen molar-refractivity contribution in [3.8, 4) is 0 Å². The number of aromatic nitrogens is 1. The Labute approximate surface area is 144 Å². The topological polar surface area (TPSA) is 74.3 Å². The summed E-state index contributed by atoms with van der Waals surface area (Å²) in [5.41, 5.74) is 0.985. The van der Waals surface area contributed by atoms with Crippen molar-refractivity contribution in [2.45, 2.75) is 25.3 Å². The van der Waals surface area contributed by atoms with Crippen LogP contribution in [0.1, 0.15) is 19.3 Å². The number of likely N-dealkylation sites (tertiary alicyclic amines) is 1. The third-order valence-electron chi connectivity index (χ3n) is 4.51.